The Morgan fingerprint density at radius 3 is 2.75 bits per heavy atom. The SMILES string of the molecule is C=CC(=O)Nc1ccc(O)c(C(=O)N2CCC(c3ccnn3CCC)CC2)c1. The van der Waals surface area contributed by atoms with Gasteiger partial charge < -0.3 is 15.3 Å². The zero-order valence-corrected chi connectivity index (χ0v) is 16.1. The Morgan fingerprint density at radius 2 is 2.07 bits per heavy atom. The van der Waals surface area contributed by atoms with Gasteiger partial charge in [0.2, 0.25) is 5.91 Å². The fourth-order valence-corrected chi connectivity index (χ4v) is 3.62. The fourth-order valence-electron chi connectivity index (χ4n) is 3.62. The molecule has 1 aromatic carbocycles. The number of aromatic nitrogens is 2. The van der Waals surface area contributed by atoms with Crippen molar-refractivity contribution in [2.24, 2.45) is 0 Å². The van der Waals surface area contributed by atoms with Gasteiger partial charge in [-0.1, -0.05) is 13.5 Å². The molecule has 1 saturated heterocycles. The number of likely N-dealkylation sites (tertiary alicyclic amines) is 1. The van der Waals surface area contributed by atoms with Crippen LogP contribution in [0.25, 0.3) is 0 Å². The number of nitrogens with zero attached hydrogens (tertiary/aromatic N) is 3. The number of amides is 2. The third-order valence-corrected chi connectivity index (χ3v) is 5.07. The standard InChI is InChI=1S/C21H26N4O3/c1-3-11-25-18(7-10-22-25)15-8-12-24(13-9-15)21(28)17-14-16(5-6-19(17)26)23-20(27)4-2/h4-7,10,14-15,26H,2-3,8-9,11-13H2,1H3,(H,23,27). The molecule has 2 amide bonds. The molecule has 0 atom stereocenters. The second-order valence-electron chi connectivity index (χ2n) is 6.97. The fraction of sp³-hybridized carbons (Fsp3) is 0.381. The first-order valence-electron chi connectivity index (χ1n) is 9.61. The molecular formula is C21H26N4O3. The minimum absolute atomic E-state index is 0.0928. The molecule has 7 nitrogen and oxygen atoms in total. The lowest BCUT2D eigenvalue weighted by Gasteiger charge is -2.32. The number of aryl methyl sites for hydroxylation is 1. The summed E-state index contributed by atoms with van der Waals surface area (Å²) in [6, 6.07) is 6.54. The van der Waals surface area contributed by atoms with Gasteiger partial charge in [0.05, 0.1) is 5.56 Å². The Hall–Kier alpha value is -3.09. The van der Waals surface area contributed by atoms with Crippen LogP contribution in [-0.2, 0) is 11.3 Å². The Labute approximate surface area is 164 Å². The van der Waals surface area contributed by atoms with Gasteiger partial charge in [-0.15, -0.1) is 0 Å². The molecule has 2 N–H and O–H groups in total. The summed E-state index contributed by atoms with van der Waals surface area (Å²) in [6.45, 7) is 7.67. The number of aromatic hydroxyl groups is 1. The first-order valence-corrected chi connectivity index (χ1v) is 9.61. The minimum atomic E-state index is -0.367. The van der Waals surface area contributed by atoms with Gasteiger partial charge >= 0.3 is 0 Å². The smallest absolute Gasteiger partial charge is 0.257 e. The van der Waals surface area contributed by atoms with Crippen LogP contribution in [0.3, 0.4) is 0 Å². The predicted molar refractivity (Wildman–Crippen MR) is 107 cm³/mol. The average molecular weight is 382 g/mol. The molecule has 0 unspecified atom stereocenters. The second kappa shape index (κ2) is 8.73. The van der Waals surface area contributed by atoms with Crippen molar-refractivity contribution in [3.63, 3.8) is 0 Å². The number of nitrogens with one attached hydrogen (secondary N) is 1. The number of phenols is 1. The van der Waals surface area contributed by atoms with E-state index in [2.05, 4.69) is 34.7 Å². The largest absolute Gasteiger partial charge is 0.507 e. The molecule has 2 heterocycles. The molecule has 28 heavy (non-hydrogen) atoms. The number of benzene rings is 1. The van der Waals surface area contributed by atoms with E-state index in [0.717, 1.165) is 31.9 Å². The van der Waals surface area contributed by atoms with Crippen molar-refractivity contribution in [2.45, 2.75) is 38.6 Å². The molecule has 1 aromatic heterocycles. The van der Waals surface area contributed by atoms with Gasteiger partial charge in [-0.25, -0.2) is 0 Å². The van der Waals surface area contributed by atoms with Crippen molar-refractivity contribution in [1.29, 1.82) is 0 Å². The molecule has 1 fully saturated rings. The molecule has 0 radical (unpaired) electrons. The topological polar surface area (TPSA) is 87.5 Å². The van der Waals surface area contributed by atoms with Crippen LogP contribution in [0.2, 0.25) is 0 Å². The number of hydrogen-bond donors (Lipinski definition) is 2. The van der Waals surface area contributed by atoms with Crippen LogP contribution in [-0.4, -0.2) is 44.7 Å². The monoisotopic (exact) mass is 382 g/mol. The van der Waals surface area contributed by atoms with Gasteiger partial charge in [-0.2, -0.15) is 5.10 Å². The van der Waals surface area contributed by atoms with Crippen LogP contribution in [0.5, 0.6) is 5.75 Å². The molecule has 0 bridgehead atoms. The summed E-state index contributed by atoms with van der Waals surface area (Å²) in [4.78, 5) is 26.1. The lowest BCUT2D eigenvalue weighted by atomic mass is 9.93. The maximum atomic E-state index is 12.9. The molecule has 148 valence electrons. The van der Waals surface area contributed by atoms with E-state index >= 15 is 0 Å². The molecule has 2 aromatic rings. The van der Waals surface area contributed by atoms with E-state index in [9.17, 15) is 14.7 Å². The van der Waals surface area contributed by atoms with Gasteiger partial charge in [0.15, 0.2) is 0 Å². The first-order chi connectivity index (χ1) is 13.5. The quantitative estimate of drug-likeness (QED) is 0.593. The van der Waals surface area contributed by atoms with Crippen molar-refractivity contribution < 1.29 is 14.7 Å². The molecule has 0 spiro atoms. The van der Waals surface area contributed by atoms with Crippen LogP contribution >= 0.6 is 0 Å². The highest BCUT2D eigenvalue weighted by Crippen LogP contribution is 2.30. The molecule has 1 aliphatic heterocycles. The van der Waals surface area contributed by atoms with E-state index in [0.29, 0.717) is 24.7 Å². The van der Waals surface area contributed by atoms with E-state index in [1.807, 2.05) is 6.20 Å². The Kier molecular flexibility index (Phi) is 6.13. The average Bonchev–Trinajstić information content (AvgIpc) is 3.17. The van der Waals surface area contributed by atoms with Gasteiger partial charge in [-0.05, 0) is 49.6 Å². The highest BCUT2D eigenvalue weighted by atomic mass is 16.3. The lowest BCUT2D eigenvalue weighted by Crippen LogP contribution is -2.38. The van der Waals surface area contributed by atoms with Gasteiger partial charge in [0, 0.05) is 43.1 Å². The van der Waals surface area contributed by atoms with Crippen molar-refractivity contribution in [3.05, 3.63) is 54.4 Å². The Morgan fingerprint density at radius 1 is 1.32 bits per heavy atom. The summed E-state index contributed by atoms with van der Waals surface area (Å²) in [7, 11) is 0. The van der Waals surface area contributed by atoms with Crippen LogP contribution in [0.15, 0.2) is 43.1 Å². The third kappa shape index (κ3) is 4.24. The third-order valence-electron chi connectivity index (χ3n) is 5.07. The number of phenolic OH excluding ortho intramolecular Hbond substituents is 1. The Bertz CT molecular complexity index is 866. The highest BCUT2D eigenvalue weighted by molar-refractivity contribution is 6.02. The van der Waals surface area contributed by atoms with Crippen molar-refractivity contribution in [2.75, 3.05) is 18.4 Å². The number of anilines is 1. The number of piperidine rings is 1. The molecule has 3 rings (SSSR count). The zero-order chi connectivity index (χ0) is 20.1. The summed E-state index contributed by atoms with van der Waals surface area (Å²) in [5.74, 6) is -0.309. The van der Waals surface area contributed by atoms with Crippen LogP contribution in [0, 0.1) is 0 Å². The maximum absolute atomic E-state index is 12.9. The molecular weight excluding hydrogens is 356 g/mol. The summed E-state index contributed by atoms with van der Waals surface area (Å²) < 4.78 is 2.06. The summed E-state index contributed by atoms with van der Waals surface area (Å²) >= 11 is 0. The lowest BCUT2D eigenvalue weighted by molar-refractivity contribution is -0.111. The number of carbonyl (C=O) groups is 2. The van der Waals surface area contributed by atoms with Crippen LogP contribution < -0.4 is 5.32 Å². The zero-order valence-electron chi connectivity index (χ0n) is 16.1. The predicted octanol–water partition coefficient (Wildman–Crippen LogP) is 3.14. The number of carbonyl (C=O) groups excluding carboxylic acids is 2. The van der Waals surface area contributed by atoms with Crippen LogP contribution in [0.1, 0.15) is 48.2 Å². The molecule has 1 aliphatic rings. The van der Waals surface area contributed by atoms with Crippen molar-refractivity contribution >= 4 is 17.5 Å². The van der Waals surface area contributed by atoms with Crippen LogP contribution in [0.4, 0.5) is 5.69 Å². The number of rotatable bonds is 6. The summed E-state index contributed by atoms with van der Waals surface area (Å²) in [6.07, 6.45) is 5.74. The Balaban J connectivity index is 1.68. The van der Waals surface area contributed by atoms with E-state index in [-0.39, 0.29) is 23.1 Å². The van der Waals surface area contributed by atoms with E-state index in [4.69, 9.17) is 0 Å². The van der Waals surface area contributed by atoms with E-state index in [1.54, 1.807) is 11.0 Å². The van der Waals surface area contributed by atoms with Gasteiger partial charge in [-0.3, -0.25) is 14.3 Å². The molecule has 0 aliphatic carbocycles. The maximum Gasteiger partial charge on any atom is 0.257 e. The van der Waals surface area contributed by atoms with Crippen molar-refractivity contribution in [3.8, 4) is 5.75 Å². The van der Waals surface area contributed by atoms with Crippen molar-refractivity contribution in [1.82, 2.24) is 14.7 Å². The molecule has 7 heteroatoms. The van der Waals surface area contributed by atoms with Gasteiger partial charge in [0.25, 0.3) is 5.91 Å². The first kappa shape index (κ1) is 19.7. The normalized spacial score (nSPS) is 14.7. The summed E-state index contributed by atoms with van der Waals surface area (Å²) in [5, 5.41) is 17.1. The van der Waals surface area contributed by atoms with Gasteiger partial charge in [0.1, 0.15) is 5.75 Å². The molecule has 0 saturated carbocycles. The van der Waals surface area contributed by atoms with E-state index < -0.39 is 0 Å². The summed E-state index contributed by atoms with van der Waals surface area (Å²) in [5.41, 5.74) is 1.87. The highest BCUT2D eigenvalue weighted by Gasteiger charge is 2.27. The number of hydrogen-bond acceptors (Lipinski definition) is 4. The second-order valence-corrected chi connectivity index (χ2v) is 6.97. The van der Waals surface area contributed by atoms with E-state index in [1.165, 1.54) is 17.8 Å². The minimum Gasteiger partial charge on any atom is -0.507 e.